The van der Waals surface area contributed by atoms with Crippen LogP contribution in [0.25, 0.3) is 0 Å². The minimum atomic E-state index is -0.0195. The van der Waals surface area contributed by atoms with Gasteiger partial charge < -0.3 is 5.32 Å². The van der Waals surface area contributed by atoms with Crippen molar-refractivity contribution in [3.63, 3.8) is 0 Å². The SMILES string of the molecule is CCCn1ncc(C)c1NC(=O)CC(C)n1cccn1. The van der Waals surface area contributed by atoms with Crippen molar-refractivity contribution in [3.8, 4) is 0 Å². The molecule has 0 fully saturated rings. The summed E-state index contributed by atoms with van der Waals surface area (Å²) < 4.78 is 3.63. The molecule has 0 bridgehead atoms. The summed E-state index contributed by atoms with van der Waals surface area (Å²) in [5.41, 5.74) is 0.985. The molecule has 1 amide bonds. The third-order valence-corrected chi connectivity index (χ3v) is 3.17. The maximum absolute atomic E-state index is 12.1. The van der Waals surface area contributed by atoms with Gasteiger partial charge in [-0.05, 0) is 26.3 Å². The van der Waals surface area contributed by atoms with Crippen LogP contribution in [0.4, 0.5) is 5.82 Å². The Morgan fingerprint density at radius 2 is 2.25 bits per heavy atom. The fraction of sp³-hybridized carbons (Fsp3) is 0.500. The average Bonchev–Trinajstić information content (AvgIpc) is 3.04. The van der Waals surface area contributed by atoms with Crippen LogP contribution in [0, 0.1) is 6.92 Å². The van der Waals surface area contributed by atoms with Crippen LogP contribution in [0.1, 0.15) is 38.3 Å². The minimum absolute atomic E-state index is 0.0195. The standard InChI is InChI=1S/C14H21N5O/c1-4-7-19-14(11(2)10-16-19)17-13(20)9-12(3)18-8-5-6-15-18/h5-6,8,10,12H,4,7,9H2,1-3H3,(H,17,20). The van der Waals surface area contributed by atoms with Crippen molar-refractivity contribution in [2.45, 2.75) is 46.2 Å². The van der Waals surface area contributed by atoms with Crippen molar-refractivity contribution in [3.05, 3.63) is 30.2 Å². The molecule has 2 aromatic heterocycles. The lowest BCUT2D eigenvalue weighted by atomic mass is 10.2. The highest BCUT2D eigenvalue weighted by Gasteiger charge is 2.14. The molecule has 108 valence electrons. The molecule has 6 nitrogen and oxygen atoms in total. The normalized spacial score (nSPS) is 12.3. The highest BCUT2D eigenvalue weighted by atomic mass is 16.1. The summed E-state index contributed by atoms with van der Waals surface area (Å²) in [5, 5.41) is 11.4. The number of aromatic nitrogens is 4. The van der Waals surface area contributed by atoms with Crippen molar-refractivity contribution in [1.82, 2.24) is 19.6 Å². The molecule has 6 heteroatoms. The molecular formula is C14H21N5O. The Balaban J connectivity index is 1.99. The van der Waals surface area contributed by atoms with E-state index in [9.17, 15) is 4.79 Å². The maximum Gasteiger partial charge on any atom is 0.227 e. The van der Waals surface area contributed by atoms with Gasteiger partial charge in [0.25, 0.3) is 0 Å². The Kier molecular flexibility index (Phi) is 4.55. The number of aryl methyl sites for hydroxylation is 2. The number of anilines is 1. The van der Waals surface area contributed by atoms with E-state index in [-0.39, 0.29) is 11.9 Å². The summed E-state index contributed by atoms with van der Waals surface area (Å²) in [7, 11) is 0. The first-order chi connectivity index (χ1) is 9.61. The van der Waals surface area contributed by atoms with E-state index in [0.29, 0.717) is 6.42 Å². The number of hydrogen-bond acceptors (Lipinski definition) is 3. The van der Waals surface area contributed by atoms with Crippen LogP contribution in [0.3, 0.4) is 0 Å². The van der Waals surface area contributed by atoms with Gasteiger partial charge in [-0.1, -0.05) is 6.92 Å². The van der Waals surface area contributed by atoms with Crippen LogP contribution in [-0.4, -0.2) is 25.5 Å². The molecule has 1 atom stereocenters. The van der Waals surface area contributed by atoms with Crippen LogP contribution < -0.4 is 5.32 Å². The van der Waals surface area contributed by atoms with Gasteiger partial charge >= 0.3 is 0 Å². The number of nitrogens with one attached hydrogen (secondary N) is 1. The lowest BCUT2D eigenvalue weighted by Crippen LogP contribution is -2.20. The first kappa shape index (κ1) is 14.3. The number of carbonyl (C=O) groups excluding carboxylic acids is 1. The molecule has 0 saturated carbocycles. The van der Waals surface area contributed by atoms with E-state index in [1.54, 1.807) is 17.1 Å². The fourth-order valence-corrected chi connectivity index (χ4v) is 2.11. The van der Waals surface area contributed by atoms with Gasteiger partial charge in [-0.15, -0.1) is 0 Å². The van der Waals surface area contributed by atoms with Gasteiger partial charge in [-0.2, -0.15) is 10.2 Å². The lowest BCUT2D eigenvalue weighted by molar-refractivity contribution is -0.116. The summed E-state index contributed by atoms with van der Waals surface area (Å²) in [4.78, 5) is 12.1. The van der Waals surface area contributed by atoms with Gasteiger partial charge in [0.2, 0.25) is 5.91 Å². The lowest BCUT2D eigenvalue weighted by Gasteiger charge is -2.13. The van der Waals surface area contributed by atoms with E-state index in [0.717, 1.165) is 24.3 Å². The highest BCUT2D eigenvalue weighted by molar-refractivity contribution is 5.90. The van der Waals surface area contributed by atoms with Gasteiger partial charge in [-0.3, -0.25) is 9.48 Å². The van der Waals surface area contributed by atoms with Crippen LogP contribution >= 0.6 is 0 Å². The number of amides is 1. The summed E-state index contributed by atoms with van der Waals surface area (Å²) in [6.07, 6.45) is 6.73. The van der Waals surface area contributed by atoms with Crippen molar-refractivity contribution < 1.29 is 4.79 Å². The van der Waals surface area contributed by atoms with E-state index < -0.39 is 0 Å². The molecule has 0 aliphatic heterocycles. The molecule has 0 aliphatic carbocycles. The van der Waals surface area contributed by atoms with E-state index in [2.05, 4.69) is 22.4 Å². The Labute approximate surface area is 118 Å². The van der Waals surface area contributed by atoms with Gasteiger partial charge in [0.05, 0.1) is 12.2 Å². The van der Waals surface area contributed by atoms with Crippen molar-refractivity contribution >= 4 is 11.7 Å². The van der Waals surface area contributed by atoms with Crippen LogP contribution in [0.2, 0.25) is 0 Å². The average molecular weight is 275 g/mol. The quantitative estimate of drug-likeness (QED) is 0.880. The second-order valence-electron chi connectivity index (χ2n) is 4.99. The zero-order valence-corrected chi connectivity index (χ0v) is 12.2. The predicted octanol–water partition coefficient (Wildman–Crippen LogP) is 2.39. The summed E-state index contributed by atoms with van der Waals surface area (Å²) in [5.74, 6) is 0.776. The van der Waals surface area contributed by atoms with Crippen LogP contribution in [-0.2, 0) is 11.3 Å². The second-order valence-corrected chi connectivity index (χ2v) is 4.99. The predicted molar refractivity (Wildman–Crippen MR) is 77.4 cm³/mol. The molecule has 0 aromatic carbocycles. The van der Waals surface area contributed by atoms with E-state index in [4.69, 9.17) is 0 Å². The molecule has 2 heterocycles. The Hall–Kier alpha value is -2.11. The first-order valence-electron chi connectivity index (χ1n) is 6.93. The number of carbonyl (C=O) groups is 1. The molecule has 0 radical (unpaired) electrons. The number of nitrogens with zero attached hydrogens (tertiary/aromatic N) is 4. The van der Waals surface area contributed by atoms with Gasteiger partial charge in [-0.25, -0.2) is 4.68 Å². The third kappa shape index (κ3) is 3.26. The van der Waals surface area contributed by atoms with Gasteiger partial charge in [0, 0.05) is 30.9 Å². The van der Waals surface area contributed by atoms with Crippen LogP contribution in [0.5, 0.6) is 0 Å². The van der Waals surface area contributed by atoms with Crippen LogP contribution in [0.15, 0.2) is 24.7 Å². The smallest absolute Gasteiger partial charge is 0.227 e. The van der Waals surface area contributed by atoms with Gasteiger partial charge in [0.1, 0.15) is 5.82 Å². The molecule has 0 saturated heterocycles. The third-order valence-electron chi connectivity index (χ3n) is 3.17. The zero-order chi connectivity index (χ0) is 14.5. The molecule has 1 N–H and O–H groups in total. The number of hydrogen-bond donors (Lipinski definition) is 1. The first-order valence-corrected chi connectivity index (χ1v) is 6.93. The molecule has 2 aromatic rings. The maximum atomic E-state index is 12.1. The molecule has 20 heavy (non-hydrogen) atoms. The Morgan fingerprint density at radius 3 is 2.90 bits per heavy atom. The molecule has 1 unspecified atom stereocenters. The second kappa shape index (κ2) is 6.36. The van der Waals surface area contributed by atoms with Crippen molar-refractivity contribution in [2.75, 3.05) is 5.32 Å². The summed E-state index contributed by atoms with van der Waals surface area (Å²) in [6.45, 7) is 6.81. The largest absolute Gasteiger partial charge is 0.311 e. The van der Waals surface area contributed by atoms with E-state index >= 15 is 0 Å². The molecule has 0 aliphatic rings. The monoisotopic (exact) mass is 275 g/mol. The number of rotatable bonds is 6. The Bertz CT molecular complexity index is 558. The minimum Gasteiger partial charge on any atom is -0.311 e. The van der Waals surface area contributed by atoms with E-state index in [1.165, 1.54) is 0 Å². The highest BCUT2D eigenvalue weighted by Crippen LogP contribution is 2.16. The summed E-state index contributed by atoms with van der Waals surface area (Å²) in [6, 6.07) is 1.89. The fourth-order valence-electron chi connectivity index (χ4n) is 2.11. The summed E-state index contributed by atoms with van der Waals surface area (Å²) >= 11 is 0. The molecular weight excluding hydrogens is 254 g/mol. The topological polar surface area (TPSA) is 64.7 Å². The van der Waals surface area contributed by atoms with Crippen molar-refractivity contribution in [2.24, 2.45) is 0 Å². The molecule has 2 rings (SSSR count). The van der Waals surface area contributed by atoms with Crippen molar-refractivity contribution in [1.29, 1.82) is 0 Å². The van der Waals surface area contributed by atoms with E-state index in [1.807, 2.05) is 30.8 Å². The Morgan fingerprint density at radius 1 is 1.45 bits per heavy atom. The zero-order valence-electron chi connectivity index (χ0n) is 12.2. The molecule has 0 spiro atoms. The van der Waals surface area contributed by atoms with Gasteiger partial charge in [0.15, 0.2) is 0 Å².